The van der Waals surface area contributed by atoms with E-state index in [-0.39, 0.29) is 0 Å². The molecule has 8 aromatic carbocycles. The molecule has 0 fully saturated rings. The van der Waals surface area contributed by atoms with Crippen molar-refractivity contribution in [3.8, 4) is 33.8 Å². The standard InChI is InChI=1S/C52H32N4/c1-2-13-33(14-3-1)50-41-20-4-8-21-45(41)54-52-42(50)28-25-34-26-29-44(53-51(34)52)35-15-12-16-36(31-35)55-48-24-11-7-19-40(48)43-32-37(27-30-49(43)55)56-46-22-9-5-17-38(46)39-18-6-10-23-47(39)56/h1-32H. The molecule has 12 aromatic rings. The third-order valence-corrected chi connectivity index (χ3v) is 11.5. The highest BCUT2D eigenvalue weighted by Crippen LogP contribution is 2.40. The molecule has 0 saturated carbocycles. The van der Waals surface area contributed by atoms with Crippen molar-refractivity contribution in [3.63, 3.8) is 0 Å². The van der Waals surface area contributed by atoms with Gasteiger partial charge in [-0.1, -0.05) is 133 Å². The van der Waals surface area contributed by atoms with Crippen LogP contribution in [0.5, 0.6) is 0 Å². The first-order chi connectivity index (χ1) is 27.8. The summed E-state index contributed by atoms with van der Waals surface area (Å²) in [5, 5.41) is 8.28. The lowest BCUT2D eigenvalue weighted by atomic mass is 9.95. The van der Waals surface area contributed by atoms with Gasteiger partial charge in [0.15, 0.2) is 0 Å². The predicted molar refractivity (Wildman–Crippen MR) is 234 cm³/mol. The van der Waals surface area contributed by atoms with Gasteiger partial charge in [0, 0.05) is 60.2 Å². The highest BCUT2D eigenvalue weighted by Gasteiger charge is 2.18. The van der Waals surface area contributed by atoms with E-state index < -0.39 is 0 Å². The Morgan fingerprint density at radius 3 is 1.62 bits per heavy atom. The Labute approximate surface area is 322 Å². The fraction of sp³-hybridized carbons (Fsp3) is 0. The molecule has 0 aliphatic rings. The number of aromatic nitrogens is 4. The molecular formula is C52H32N4. The number of para-hydroxylation sites is 4. The first-order valence-corrected chi connectivity index (χ1v) is 19.1. The van der Waals surface area contributed by atoms with E-state index in [0.29, 0.717) is 0 Å². The predicted octanol–water partition coefficient (Wildman–Crippen LogP) is 13.5. The molecule has 0 N–H and O–H groups in total. The Hall–Kier alpha value is -7.56. The summed E-state index contributed by atoms with van der Waals surface area (Å²) >= 11 is 0. The molecule has 4 nitrogen and oxygen atoms in total. The van der Waals surface area contributed by atoms with Gasteiger partial charge >= 0.3 is 0 Å². The Morgan fingerprint density at radius 1 is 0.321 bits per heavy atom. The molecule has 0 bridgehead atoms. The van der Waals surface area contributed by atoms with E-state index in [2.05, 4.69) is 203 Å². The maximum Gasteiger partial charge on any atom is 0.0978 e. The van der Waals surface area contributed by atoms with Gasteiger partial charge in [-0.15, -0.1) is 0 Å². The third-order valence-electron chi connectivity index (χ3n) is 11.5. The molecule has 0 unspecified atom stereocenters. The van der Waals surface area contributed by atoms with Crippen LogP contribution >= 0.6 is 0 Å². The molecular weight excluding hydrogens is 681 g/mol. The maximum absolute atomic E-state index is 5.38. The Morgan fingerprint density at radius 2 is 0.893 bits per heavy atom. The van der Waals surface area contributed by atoms with E-state index in [1.165, 1.54) is 49.2 Å². The van der Waals surface area contributed by atoms with Crippen LogP contribution in [0, 0.1) is 0 Å². The first kappa shape index (κ1) is 30.9. The molecule has 0 aliphatic heterocycles. The highest BCUT2D eigenvalue weighted by atomic mass is 15.0. The molecule has 0 spiro atoms. The van der Waals surface area contributed by atoms with Gasteiger partial charge in [-0.05, 0) is 66.2 Å². The Kier molecular flexibility index (Phi) is 6.60. The van der Waals surface area contributed by atoms with Crippen LogP contribution in [0.1, 0.15) is 0 Å². The van der Waals surface area contributed by atoms with Crippen LogP contribution in [-0.2, 0) is 0 Å². The number of hydrogen-bond acceptors (Lipinski definition) is 2. The molecule has 4 aromatic heterocycles. The lowest BCUT2D eigenvalue weighted by Gasteiger charge is -2.14. The fourth-order valence-electron chi connectivity index (χ4n) is 9.00. The number of benzene rings is 8. The Bertz CT molecular complexity index is 3480. The second-order valence-corrected chi connectivity index (χ2v) is 14.6. The zero-order valence-corrected chi connectivity index (χ0v) is 30.3. The molecule has 0 atom stereocenters. The van der Waals surface area contributed by atoms with Gasteiger partial charge in [-0.2, -0.15) is 0 Å². The lowest BCUT2D eigenvalue weighted by molar-refractivity contribution is 1.16. The summed E-state index contributed by atoms with van der Waals surface area (Å²) in [5.41, 5.74) is 14.1. The van der Waals surface area contributed by atoms with Crippen molar-refractivity contribution in [1.29, 1.82) is 0 Å². The van der Waals surface area contributed by atoms with Crippen molar-refractivity contribution in [3.05, 3.63) is 194 Å². The van der Waals surface area contributed by atoms with Crippen molar-refractivity contribution in [2.24, 2.45) is 0 Å². The number of hydrogen-bond donors (Lipinski definition) is 0. The smallest absolute Gasteiger partial charge is 0.0978 e. The molecule has 0 aliphatic carbocycles. The van der Waals surface area contributed by atoms with Crippen LogP contribution in [0.25, 0.3) is 110 Å². The van der Waals surface area contributed by atoms with Crippen molar-refractivity contribution in [2.75, 3.05) is 0 Å². The molecule has 260 valence electrons. The molecule has 56 heavy (non-hydrogen) atoms. The van der Waals surface area contributed by atoms with E-state index in [4.69, 9.17) is 9.97 Å². The van der Waals surface area contributed by atoms with E-state index >= 15 is 0 Å². The third kappa shape index (κ3) is 4.53. The second-order valence-electron chi connectivity index (χ2n) is 14.6. The molecule has 12 rings (SSSR count). The first-order valence-electron chi connectivity index (χ1n) is 19.1. The topological polar surface area (TPSA) is 35.6 Å². The van der Waals surface area contributed by atoms with E-state index in [1.807, 2.05) is 0 Å². The lowest BCUT2D eigenvalue weighted by Crippen LogP contribution is -1.96. The van der Waals surface area contributed by atoms with Crippen LogP contribution in [0.2, 0.25) is 0 Å². The number of rotatable bonds is 4. The maximum atomic E-state index is 5.38. The second kappa shape index (κ2) is 12.0. The van der Waals surface area contributed by atoms with E-state index in [0.717, 1.165) is 60.9 Å². The van der Waals surface area contributed by atoms with Crippen molar-refractivity contribution in [2.45, 2.75) is 0 Å². The number of nitrogens with zero attached hydrogens (tertiary/aromatic N) is 4. The minimum Gasteiger partial charge on any atom is -0.309 e. The van der Waals surface area contributed by atoms with Crippen molar-refractivity contribution in [1.82, 2.24) is 19.1 Å². The SMILES string of the molecule is c1ccc(-c2c3ccccc3nc3c2ccc2ccc(-c4cccc(-n5c6ccccc6c6cc(-n7c8ccccc8c8ccccc87)ccc65)c4)nc23)cc1. The van der Waals surface area contributed by atoms with Gasteiger partial charge in [-0.25, -0.2) is 9.97 Å². The van der Waals surface area contributed by atoms with Crippen LogP contribution in [-0.4, -0.2) is 19.1 Å². The van der Waals surface area contributed by atoms with Crippen LogP contribution in [0.3, 0.4) is 0 Å². The van der Waals surface area contributed by atoms with Gasteiger partial charge < -0.3 is 9.13 Å². The van der Waals surface area contributed by atoms with Crippen molar-refractivity contribution >= 4 is 76.3 Å². The summed E-state index contributed by atoms with van der Waals surface area (Å²) in [6.45, 7) is 0. The van der Waals surface area contributed by atoms with Crippen LogP contribution in [0.15, 0.2) is 194 Å². The summed E-state index contributed by atoms with van der Waals surface area (Å²) < 4.78 is 4.78. The van der Waals surface area contributed by atoms with Crippen molar-refractivity contribution < 1.29 is 0 Å². The average Bonchev–Trinajstić information content (AvgIpc) is 3.78. The van der Waals surface area contributed by atoms with E-state index in [1.54, 1.807) is 0 Å². The Balaban J connectivity index is 1.03. The molecule has 0 amide bonds. The summed E-state index contributed by atoms with van der Waals surface area (Å²) in [4.78, 5) is 10.6. The van der Waals surface area contributed by atoms with Gasteiger partial charge in [0.2, 0.25) is 0 Å². The summed E-state index contributed by atoms with van der Waals surface area (Å²) in [7, 11) is 0. The fourth-order valence-corrected chi connectivity index (χ4v) is 9.00. The molecule has 4 heterocycles. The molecule has 0 saturated heterocycles. The van der Waals surface area contributed by atoms with Crippen LogP contribution < -0.4 is 0 Å². The number of pyridine rings is 2. The van der Waals surface area contributed by atoms with Gasteiger partial charge in [-0.3, -0.25) is 0 Å². The monoisotopic (exact) mass is 712 g/mol. The largest absolute Gasteiger partial charge is 0.309 e. The summed E-state index contributed by atoms with van der Waals surface area (Å²) in [5.74, 6) is 0. The molecule has 0 radical (unpaired) electrons. The normalized spacial score (nSPS) is 11.9. The van der Waals surface area contributed by atoms with Gasteiger partial charge in [0.1, 0.15) is 0 Å². The zero-order chi connectivity index (χ0) is 36.7. The quantitative estimate of drug-likeness (QED) is 0.135. The summed E-state index contributed by atoms with van der Waals surface area (Å²) in [6, 6.07) is 69.5. The summed E-state index contributed by atoms with van der Waals surface area (Å²) in [6.07, 6.45) is 0. The zero-order valence-electron chi connectivity index (χ0n) is 30.3. The minimum absolute atomic E-state index is 0.905. The minimum atomic E-state index is 0.905. The highest BCUT2D eigenvalue weighted by molar-refractivity contribution is 6.16. The van der Waals surface area contributed by atoms with Gasteiger partial charge in [0.25, 0.3) is 0 Å². The molecule has 4 heteroatoms. The average molecular weight is 713 g/mol. The van der Waals surface area contributed by atoms with E-state index in [9.17, 15) is 0 Å². The van der Waals surface area contributed by atoms with Crippen LogP contribution in [0.4, 0.5) is 0 Å². The number of fused-ring (bicyclic) bond motifs is 10. The van der Waals surface area contributed by atoms with Gasteiger partial charge in [0.05, 0.1) is 44.3 Å².